The Kier molecular flexibility index (Phi) is 4.07. The zero-order valence-electron chi connectivity index (χ0n) is 8.42. The number of pyridine rings is 2. The van der Waals surface area contributed by atoms with Crippen molar-refractivity contribution in [2.45, 2.75) is 9.65 Å². The van der Waals surface area contributed by atoms with Crippen LogP contribution < -0.4 is 0 Å². The van der Waals surface area contributed by atoms with Gasteiger partial charge in [-0.15, -0.1) is 0 Å². The van der Waals surface area contributed by atoms with E-state index in [9.17, 15) is 0 Å². The lowest BCUT2D eigenvalue weighted by atomic mass is 10.1. The molecule has 16 heavy (non-hydrogen) atoms. The van der Waals surface area contributed by atoms with E-state index >= 15 is 0 Å². The fraction of sp³-hybridized carbons (Fsp3) is 0.167. The molecule has 0 N–H and O–H groups in total. The van der Waals surface area contributed by atoms with Gasteiger partial charge in [-0.2, -0.15) is 0 Å². The van der Waals surface area contributed by atoms with Crippen molar-refractivity contribution in [1.82, 2.24) is 9.97 Å². The molecular formula is C12H10Br2N2. The van der Waals surface area contributed by atoms with Crippen LogP contribution in [-0.2, 0) is 0 Å². The van der Waals surface area contributed by atoms with Crippen LogP contribution in [0.5, 0.6) is 0 Å². The first-order valence-corrected chi connectivity index (χ1v) is 6.70. The molecule has 0 amide bonds. The van der Waals surface area contributed by atoms with Gasteiger partial charge in [-0.1, -0.05) is 31.9 Å². The first-order valence-electron chi connectivity index (χ1n) is 4.87. The number of alkyl halides is 2. The Labute approximate surface area is 111 Å². The fourth-order valence-corrected chi connectivity index (χ4v) is 2.65. The highest BCUT2D eigenvalue weighted by Gasteiger charge is 2.19. The zero-order valence-corrected chi connectivity index (χ0v) is 11.6. The van der Waals surface area contributed by atoms with E-state index in [1.54, 1.807) is 24.8 Å². The van der Waals surface area contributed by atoms with Crippen molar-refractivity contribution in [3.8, 4) is 0 Å². The minimum Gasteiger partial charge on any atom is -0.265 e. The summed E-state index contributed by atoms with van der Waals surface area (Å²) >= 11 is 7.39. The monoisotopic (exact) mass is 340 g/mol. The van der Waals surface area contributed by atoms with Crippen molar-refractivity contribution in [3.05, 3.63) is 60.2 Å². The van der Waals surface area contributed by atoms with Crippen LogP contribution in [0, 0.1) is 0 Å². The van der Waals surface area contributed by atoms with E-state index in [0.29, 0.717) is 0 Å². The molecule has 0 saturated carbocycles. The minimum absolute atomic E-state index is 0.220. The first kappa shape index (κ1) is 11.7. The van der Waals surface area contributed by atoms with Crippen molar-refractivity contribution in [2.75, 3.05) is 0 Å². The second-order valence-corrected chi connectivity index (χ2v) is 5.34. The van der Waals surface area contributed by atoms with Crippen LogP contribution in [0.15, 0.2) is 49.1 Å². The standard InChI is InChI=1S/C12H10Br2N2/c13-11(9-1-5-15-6-2-9)12(14)10-3-7-16-8-4-10/h1-8,11-12H/t11-,12-/m1/s1. The molecule has 2 aromatic heterocycles. The Morgan fingerprint density at radius 1 is 0.688 bits per heavy atom. The van der Waals surface area contributed by atoms with E-state index in [0.717, 1.165) is 0 Å². The smallest absolute Gasteiger partial charge is 0.0562 e. The highest BCUT2D eigenvalue weighted by molar-refractivity contribution is 9.12. The summed E-state index contributed by atoms with van der Waals surface area (Å²) in [4.78, 5) is 8.47. The van der Waals surface area contributed by atoms with E-state index in [4.69, 9.17) is 0 Å². The third-order valence-corrected chi connectivity index (χ3v) is 5.13. The Hall–Kier alpha value is -0.740. The highest BCUT2D eigenvalue weighted by atomic mass is 79.9. The Bertz CT molecular complexity index is 390. The summed E-state index contributed by atoms with van der Waals surface area (Å²) in [6, 6.07) is 8.04. The van der Waals surface area contributed by atoms with Gasteiger partial charge in [-0.25, -0.2) is 0 Å². The topological polar surface area (TPSA) is 25.8 Å². The van der Waals surface area contributed by atoms with Crippen LogP contribution in [0.2, 0.25) is 0 Å². The van der Waals surface area contributed by atoms with E-state index in [1.165, 1.54) is 11.1 Å². The molecule has 0 fully saturated rings. The number of hydrogen-bond acceptors (Lipinski definition) is 2. The average molecular weight is 342 g/mol. The van der Waals surface area contributed by atoms with Crippen molar-refractivity contribution in [1.29, 1.82) is 0 Å². The van der Waals surface area contributed by atoms with Gasteiger partial charge in [0, 0.05) is 24.8 Å². The van der Waals surface area contributed by atoms with Gasteiger partial charge in [0.15, 0.2) is 0 Å². The summed E-state index contributed by atoms with van der Waals surface area (Å²) in [6.45, 7) is 0. The summed E-state index contributed by atoms with van der Waals surface area (Å²) in [5.41, 5.74) is 2.40. The summed E-state index contributed by atoms with van der Waals surface area (Å²) < 4.78 is 0. The molecule has 0 aliphatic heterocycles. The van der Waals surface area contributed by atoms with E-state index in [-0.39, 0.29) is 9.65 Å². The van der Waals surface area contributed by atoms with E-state index in [2.05, 4.69) is 41.8 Å². The lowest BCUT2D eigenvalue weighted by Gasteiger charge is -2.17. The molecule has 0 saturated heterocycles. The van der Waals surface area contributed by atoms with Crippen LogP contribution in [0.1, 0.15) is 20.8 Å². The zero-order chi connectivity index (χ0) is 11.4. The molecule has 82 valence electrons. The van der Waals surface area contributed by atoms with Crippen molar-refractivity contribution in [3.63, 3.8) is 0 Å². The van der Waals surface area contributed by atoms with Crippen LogP contribution in [-0.4, -0.2) is 9.97 Å². The summed E-state index contributed by atoms with van der Waals surface area (Å²) in [5.74, 6) is 0. The largest absolute Gasteiger partial charge is 0.265 e. The van der Waals surface area contributed by atoms with Crippen molar-refractivity contribution in [2.24, 2.45) is 0 Å². The summed E-state index contributed by atoms with van der Waals surface area (Å²) in [6.07, 6.45) is 7.21. The first-order chi connectivity index (χ1) is 7.79. The number of aromatic nitrogens is 2. The third-order valence-electron chi connectivity index (χ3n) is 2.31. The molecule has 0 unspecified atom stereocenters. The molecule has 0 aliphatic rings. The van der Waals surface area contributed by atoms with Gasteiger partial charge in [0.1, 0.15) is 0 Å². The van der Waals surface area contributed by atoms with Crippen LogP contribution in [0.4, 0.5) is 0 Å². The lowest BCUT2D eigenvalue weighted by molar-refractivity contribution is 0.929. The molecule has 0 bridgehead atoms. The predicted octanol–water partition coefficient (Wildman–Crippen LogP) is 4.05. The molecule has 0 radical (unpaired) electrons. The number of halogens is 2. The maximum Gasteiger partial charge on any atom is 0.0562 e. The summed E-state index contributed by atoms with van der Waals surface area (Å²) in [5, 5.41) is 0. The molecule has 2 nitrogen and oxygen atoms in total. The van der Waals surface area contributed by atoms with Crippen molar-refractivity contribution < 1.29 is 0 Å². The highest BCUT2D eigenvalue weighted by Crippen LogP contribution is 2.41. The van der Waals surface area contributed by atoms with Gasteiger partial charge >= 0.3 is 0 Å². The molecule has 4 heteroatoms. The van der Waals surface area contributed by atoms with Gasteiger partial charge in [0.2, 0.25) is 0 Å². The number of hydrogen-bond donors (Lipinski definition) is 0. The van der Waals surface area contributed by atoms with Gasteiger partial charge in [0.25, 0.3) is 0 Å². The Morgan fingerprint density at radius 2 is 1.00 bits per heavy atom. The Morgan fingerprint density at radius 3 is 1.31 bits per heavy atom. The number of nitrogens with zero attached hydrogens (tertiary/aromatic N) is 2. The third kappa shape index (κ3) is 2.68. The quantitative estimate of drug-likeness (QED) is 0.787. The molecular weight excluding hydrogens is 332 g/mol. The molecule has 2 heterocycles. The van der Waals surface area contributed by atoms with Gasteiger partial charge in [-0.05, 0) is 35.4 Å². The maximum atomic E-state index is 4.01. The second-order valence-electron chi connectivity index (χ2n) is 3.36. The molecule has 2 aromatic rings. The Balaban J connectivity index is 2.20. The van der Waals surface area contributed by atoms with Gasteiger partial charge in [0.05, 0.1) is 9.65 Å². The molecule has 0 aromatic carbocycles. The number of rotatable bonds is 3. The van der Waals surface area contributed by atoms with Gasteiger partial charge in [-0.3, -0.25) is 9.97 Å². The van der Waals surface area contributed by atoms with Crippen molar-refractivity contribution >= 4 is 31.9 Å². The fourth-order valence-electron chi connectivity index (χ4n) is 1.43. The SMILES string of the molecule is Br[C@H](c1ccncc1)[C@H](Br)c1ccncc1. The molecule has 2 atom stereocenters. The second kappa shape index (κ2) is 5.55. The molecule has 2 rings (SSSR count). The van der Waals surface area contributed by atoms with Crippen LogP contribution >= 0.6 is 31.9 Å². The van der Waals surface area contributed by atoms with Gasteiger partial charge < -0.3 is 0 Å². The molecule has 0 spiro atoms. The molecule has 0 aliphatic carbocycles. The van der Waals surface area contributed by atoms with Crippen LogP contribution in [0.25, 0.3) is 0 Å². The maximum absolute atomic E-state index is 4.01. The summed E-state index contributed by atoms with van der Waals surface area (Å²) in [7, 11) is 0. The minimum atomic E-state index is 0.220. The predicted molar refractivity (Wildman–Crippen MR) is 71.8 cm³/mol. The average Bonchev–Trinajstić information content (AvgIpc) is 2.39. The lowest BCUT2D eigenvalue weighted by Crippen LogP contribution is -1.99. The van der Waals surface area contributed by atoms with E-state index < -0.39 is 0 Å². The van der Waals surface area contributed by atoms with Crippen LogP contribution in [0.3, 0.4) is 0 Å². The normalized spacial score (nSPS) is 14.4. The van der Waals surface area contributed by atoms with E-state index in [1.807, 2.05) is 24.3 Å².